The van der Waals surface area contributed by atoms with E-state index in [-0.39, 0.29) is 12.5 Å². The Hall–Kier alpha value is -2.21. The van der Waals surface area contributed by atoms with E-state index in [1.165, 1.54) is 0 Å². The molecule has 0 saturated carbocycles. The normalized spacial score (nSPS) is 10.5. The van der Waals surface area contributed by atoms with Crippen LogP contribution in [0.3, 0.4) is 0 Å². The smallest absolute Gasteiger partial charge is 0.224 e. The molecule has 6 nitrogen and oxygen atoms in total. The molecule has 0 fully saturated rings. The number of unbranched alkanes of at least 4 members (excludes halogenated alkanes) is 1. The van der Waals surface area contributed by atoms with Gasteiger partial charge < -0.3 is 15.0 Å². The Labute approximate surface area is 117 Å². The summed E-state index contributed by atoms with van der Waals surface area (Å²) in [6.07, 6.45) is 3.33. The number of aliphatic hydroxyl groups excluding tert-OH is 1. The second-order valence-electron chi connectivity index (χ2n) is 4.54. The molecule has 106 valence electrons. The van der Waals surface area contributed by atoms with Crippen LogP contribution in [-0.2, 0) is 11.8 Å². The summed E-state index contributed by atoms with van der Waals surface area (Å²) in [7, 11) is 1.86. The van der Waals surface area contributed by atoms with Crippen molar-refractivity contribution in [3.05, 3.63) is 30.6 Å². The monoisotopic (exact) mass is 274 g/mol. The second kappa shape index (κ2) is 6.81. The van der Waals surface area contributed by atoms with Crippen molar-refractivity contribution in [3.8, 4) is 11.4 Å². The quantitative estimate of drug-likeness (QED) is 0.784. The van der Waals surface area contributed by atoms with Crippen molar-refractivity contribution in [1.82, 2.24) is 14.8 Å². The molecule has 0 saturated heterocycles. The number of amides is 1. The van der Waals surface area contributed by atoms with Gasteiger partial charge in [0, 0.05) is 25.6 Å². The maximum Gasteiger partial charge on any atom is 0.224 e. The van der Waals surface area contributed by atoms with Gasteiger partial charge in [-0.2, -0.15) is 0 Å². The van der Waals surface area contributed by atoms with Crippen molar-refractivity contribution < 1.29 is 9.90 Å². The Morgan fingerprint density at radius 1 is 1.35 bits per heavy atom. The molecule has 6 heteroatoms. The highest BCUT2D eigenvalue weighted by Crippen LogP contribution is 2.25. The first-order chi connectivity index (χ1) is 9.72. The van der Waals surface area contributed by atoms with Gasteiger partial charge >= 0.3 is 0 Å². The fourth-order valence-corrected chi connectivity index (χ4v) is 1.92. The van der Waals surface area contributed by atoms with Gasteiger partial charge in [-0.1, -0.05) is 12.1 Å². The van der Waals surface area contributed by atoms with Gasteiger partial charge in [0.1, 0.15) is 6.33 Å². The van der Waals surface area contributed by atoms with E-state index in [4.69, 9.17) is 5.11 Å². The number of aryl methyl sites for hydroxylation is 1. The maximum atomic E-state index is 11.9. The molecular formula is C14H18N4O2. The standard InChI is InChI=1S/C14H18N4O2/c1-18-10-15-17-14(18)11-6-2-3-7-12(11)16-13(20)8-4-5-9-19/h2-3,6-7,10,19H,4-5,8-9H2,1H3,(H,16,20). The molecule has 1 heterocycles. The lowest BCUT2D eigenvalue weighted by Crippen LogP contribution is -2.12. The van der Waals surface area contributed by atoms with Crippen molar-refractivity contribution >= 4 is 11.6 Å². The van der Waals surface area contributed by atoms with E-state index < -0.39 is 0 Å². The zero-order valence-corrected chi connectivity index (χ0v) is 11.4. The molecule has 0 aliphatic heterocycles. The van der Waals surface area contributed by atoms with Crippen LogP contribution in [0.5, 0.6) is 0 Å². The van der Waals surface area contributed by atoms with Crippen molar-refractivity contribution in [2.45, 2.75) is 19.3 Å². The zero-order valence-electron chi connectivity index (χ0n) is 11.4. The molecule has 1 amide bonds. The molecule has 1 aromatic heterocycles. The van der Waals surface area contributed by atoms with E-state index in [1.54, 1.807) is 10.9 Å². The Morgan fingerprint density at radius 3 is 2.85 bits per heavy atom. The van der Waals surface area contributed by atoms with Crippen LogP contribution in [0.4, 0.5) is 5.69 Å². The van der Waals surface area contributed by atoms with E-state index in [0.29, 0.717) is 25.1 Å². The Bertz CT molecular complexity index is 580. The first kappa shape index (κ1) is 14.2. The largest absolute Gasteiger partial charge is 0.396 e. The number of rotatable bonds is 6. The molecule has 20 heavy (non-hydrogen) atoms. The summed E-state index contributed by atoms with van der Waals surface area (Å²) in [4.78, 5) is 11.9. The predicted molar refractivity (Wildman–Crippen MR) is 76.0 cm³/mol. The van der Waals surface area contributed by atoms with Gasteiger partial charge in [0.15, 0.2) is 5.82 Å². The maximum absolute atomic E-state index is 11.9. The van der Waals surface area contributed by atoms with E-state index >= 15 is 0 Å². The van der Waals surface area contributed by atoms with E-state index in [1.807, 2.05) is 31.3 Å². The first-order valence-corrected chi connectivity index (χ1v) is 6.56. The number of benzene rings is 1. The third-order valence-corrected chi connectivity index (χ3v) is 2.97. The van der Waals surface area contributed by atoms with E-state index in [2.05, 4.69) is 15.5 Å². The number of aliphatic hydroxyl groups is 1. The minimum Gasteiger partial charge on any atom is -0.396 e. The lowest BCUT2D eigenvalue weighted by atomic mass is 10.1. The van der Waals surface area contributed by atoms with Crippen molar-refractivity contribution in [1.29, 1.82) is 0 Å². The number of aromatic nitrogens is 3. The molecule has 0 bridgehead atoms. The average molecular weight is 274 g/mol. The van der Waals surface area contributed by atoms with E-state index in [0.717, 1.165) is 11.3 Å². The number of hydrogen-bond acceptors (Lipinski definition) is 4. The van der Waals surface area contributed by atoms with Gasteiger partial charge in [0.05, 0.1) is 5.69 Å². The van der Waals surface area contributed by atoms with Crippen LogP contribution in [0.25, 0.3) is 11.4 Å². The van der Waals surface area contributed by atoms with Crippen LogP contribution in [0.1, 0.15) is 19.3 Å². The van der Waals surface area contributed by atoms with Gasteiger partial charge in [-0.25, -0.2) is 0 Å². The van der Waals surface area contributed by atoms with Gasteiger partial charge in [-0.15, -0.1) is 10.2 Å². The topological polar surface area (TPSA) is 80.0 Å². The number of carbonyl (C=O) groups excluding carboxylic acids is 1. The minimum atomic E-state index is -0.0620. The van der Waals surface area contributed by atoms with Gasteiger partial charge in [0.2, 0.25) is 5.91 Å². The summed E-state index contributed by atoms with van der Waals surface area (Å²) < 4.78 is 1.80. The van der Waals surface area contributed by atoms with Gasteiger partial charge in [-0.05, 0) is 25.0 Å². The average Bonchev–Trinajstić information content (AvgIpc) is 2.86. The van der Waals surface area contributed by atoms with Crippen molar-refractivity contribution in [3.63, 3.8) is 0 Å². The Balaban J connectivity index is 2.13. The first-order valence-electron chi connectivity index (χ1n) is 6.56. The van der Waals surface area contributed by atoms with Gasteiger partial charge in [-0.3, -0.25) is 4.79 Å². The second-order valence-corrected chi connectivity index (χ2v) is 4.54. The molecule has 0 aliphatic rings. The van der Waals surface area contributed by atoms with E-state index in [9.17, 15) is 4.79 Å². The molecule has 0 aliphatic carbocycles. The van der Waals surface area contributed by atoms with Gasteiger partial charge in [0.25, 0.3) is 0 Å². The summed E-state index contributed by atoms with van der Waals surface area (Å²) >= 11 is 0. The molecule has 2 aromatic rings. The molecule has 2 N–H and O–H groups in total. The highest BCUT2D eigenvalue weighted by Gasteiger charge is 2.11. The molecule has 0 atom stereocenters. The third-order valence-electron chi connectivity index (χ3n) is 2.97. The number of nitrogens with zero attached hydrogens (tertiary/aromatic N) is 3. The summed E-state index contributed by atoms with van der Waals surface area (Å²) in [5.41, 5.74) is 1.56. The zero-order chi connectivity index (χ0) is 14.4. The van der Waals surface area contributed by atoms with Crippen molar-refractivity contribution in [2.75, 3.05) is 11.9 Å². The lowest BCUT2D eigenvalue weighted by molar-refractivity contribution is -0.116. The molecule has 0 unspecified atom stereocenters. The minimum absolute atomic E-state index is 0.0620. The molecule has 1 aromatic carbocycles. The van der Waals surface area contributed by atoms with Crippen LogP contribution in [-0.4, -0.2) is 32.4 Å². The molecule has 0 spiro atoms. The highest BCUT2D eigenvalue weighted by atomic mass is 16.3. The number of carbonyl (C=O) groups is 1. The number of anilines is 1. The van der Waals surface area contributed by atoms with Crippen LogP contribution < -0.4 is 5.32 Å². The van der Waals surface area contributed by atoms with Crippen molar-refractivity contribution in [2.24, 2.45) is 7.05 Å². The number of para-hydroxylation sites is 1. The fraction of sp³-hybridized carbons (Fsp3) is 0.357. The number of nitrogens with one attached hydrogen (secondary N) is 1. The summed E-state index contributed by atoms with van der Waals surface area (Å²) in [5.74, 6) is 0.643. The van der Waals surface area contributed by atoms with Crippen LogP contribution >= 0.6 is 0 Å². The Morgan fingerprint density at radius 2 is 2.15 bits per heavy atom. The Kier molecular flexibility index (Phi) is 4.84. The summed E-state index contributed by atoms with van der Waals surface area (Å²) in [6, 6.07) is 7.50. The molecular weight excluding hydrogens is 256 g/mol. The highest BCUT2D eigenvalue weighted by molar-refractivity contribution is 5.94. The molecule has 0 radical (unpaired) electrons. The SMILES string of the molecule is Cn1cnnc1-c1ccccc1NC(=O)CCCCO. The fourth-order valence-electron chi connectivity index (χ4n) is 1.92. The summed E-state index contributed by atoms with van der Waals surface area (Å²) in [6.45, 7) is 0.114. The number of hydrogen-bond donors (Lipinski definition) is 2. The molecule has 2 rings (SSSR count). The third kappa shape index (κ3) is 3.42. The summed E-state index contributed by atoms with van der Waals surface area (Å²) in [5, 5.41) is 19.5. The predicted octanol–water partition coefficient (Wildman–Crippen LogP) is 1.58. The lowest BCUT2D eigenvalue weighted by Gasteiger charge is -2.10. The van der Waals surface area contributed by atoms with Crippen LogP contribution in [0.2, 0.25) is 0 Å². The van der Waals surface area contributed by atoms with Crippen LogP contribution in [0, 0.1) is 0 Å². The van der Waals surface area contributed by atoms with Crippen LogP contribution in [0.15, 0.2) is 30.6 Å².